The van der Waals surface area contributed by atoms with Crippen molar-refractivity contribution in [1.29, 1.82) is 0 Å². The highest BCUT2D eigenvalue weighted by atomic mass is 32.2. The van der Waals surface area contributed by atoms with Crippen LogP contribution in [0.25, 0.3) is 0 Å². The Morgan fingerprint density at radius 3 is 2.55 bits per heavy atom. The van der Waals surface area contributed by atoms with Crippen molar-refractivity contribution in [2.75, 3.05) is 19.5 Å². The number of unbranched alkanes of at least 4 members (excludes halogenated alkanes) is 1. The van der Waals surface area contributed by atoms with Crippen LogP contribution in [0.1, 0.15) is 46.5 Å². The van der Waals surface area contributed by atoms with Gasteiger partial charge >= 0.3 is 5.97 Å². The average Bonchev–Trinajstić information content (AvgIpc) is 2.44. The second-order valence-electron chi connectivity index (χ2n) is 4.47. The molecule has 20 heavy (non-hydrogen) atoms. The Labute approximate surface area is 126 Å². The van der Waals surface area contributed by atoms with Crippen molar-refractivity contribution in [2.24, 2.45) is 0 Å². The predicted molar refractivity (Wildman–Crippen MR) is 83.8 cm³/mol. The fourth-order valence-corrected chi connectivity index (χ4v) is 2.69. The Morgan fingerprint density at radius 1 is 1.35 bits per heavy atom. The Kier molecular flexibility index (Phi) is 11.9. The van der Waals surface area contributed by atoms with Gasteiger partial charge in [0.2, 0.25) is 0 Å². The Bertz CT molecular complexity index is 292. The molecule has 4 nitrogen and oxygen atoms in total. The van der Waals surface area contributed by atoms with Crippen LogP contribution in [0, 0.1) is 0 Å². The third-order valence-electron chi connectivity index (χ3n) is 2.88. The van der Waals surface area contributed by atoms with Gasteiger partial charge in [0.15, 0.2) is 0 Å². The molecule has 0 heterocycles. The molecule has 2 unspecified atom stereocenters. The van der Waals surface area contributed by atoms with Crippen LogP contribution in [0.15, 0.2) is 11.0 Å². The molecule has 0 fully saturated rings. The quantitative estimate of drug-likeness (QED) is 0.469. The van der Waals surface area contributed by atoms with E-state index in [2.05, 4.69) is 11.7 Å². The number of methoxy groups -OCH3 is 1. The maximum Gasteiger partial charge on any atom is 0.331 e. The normalized spacial score (nSPS) is 14.9. The van der Waals surface area contributed by atoms with E-state index in [0.717, 1.165) is 29.9 Å². The lowest BCUT2D eigenvalue weighted by atomic mass is 10.0. The van der Waals surface area contributed by atoms with Crippen LogP contribution in [-0.2, 0) is 14.3 Å². The minimum absolute atomic E-state index is 0.262. The third kappa shape index (κ3) is 8.61. The summed E-state index contributed by atoms with van der Waals surface area (Å²) < 4.78 is 10.3. The molecule has 0 amide bonds. The fraction of sp³-hybridized carbons (Fsp3) is 0.800. The summed E-state index contributed by atoms with van der Waals surface area (Å²) >= 11 is 1.58. The SMILES string of the molecule is CCCCC(O)C(C/C(=C\C(=O)OC)SCC)OCC. The second-order valence-corrected chi connectivity index (χ2v) is 5.86. The van der Waals surface area contributed by atoms with E-state index in [-0.39, 0.29) is 12.1 Å². The van der Waals surface area contributed by atoms with Gasteiger partial charge in [0.1, 0.15) is 0 Å². The summed E-state index contributed by atoms with van der Waals surface area (Å²) in [5.41, 5.74) is 0. The van der Waals surface area contributed by atoms with Crippen molar-refractivity contribution in [1.82, 2.24) is 0 Å². The highest BCUT2D eigenvalue weighted by Gasteiger charge is 2.21. The first-order valence-corrected chi connectivity index (χ1v) is 8.28. The summed E-state index contributed by atoms with van der Waals surface area (Å²) in [6, 6.07) is 0. The zero-order valence-electron chi connectivity index (χ0n) is 13.1. The van der Waals surface area contributed by atoms with Crippen LogP contribution in [0.3, 0.4) is 0 Å². The van der Waals surface area contributed by atoms with Gasteiger partial charge in [-0.2, -0.15) is 0 Å². The number of thioether (sulfide) groups is 1. The van der Waals surface area contributed by atoms with Crippen molar-refractivity contribution in [2.45, 2.75) is 58.7 Å². The van der Waals surface area contributed by atoms with E-state index in [1.54, 1.807) is 11.8 Å². The number of aliphatic hydroxyl groups is 1. The van der Waals surface area contributed by atoms with E-state index in [1.807, 2.05) is 13.8 Å². The molecule has 0 saturated heterocycles. The van der Waals surface area contributed by atoms with Crippen molar-refractivity contribution in [3.63, 3.8) is 0 Å². The molecule has 0 bridgehead atoms. The molecule has 2 atom stereocenters. The predicted octanol–water partition coefficient (Wildman–Crippen LogP) is 3.14. The average molecular weight is 304 g/mol. The Hall–Kier alpha value is -0.520. The smallest absolute Gasteiger partial charge is 0.331 e. The first-order valence-electron chi connectivity index (χ1n) is 7.29. The molecule has 0 radical (unpaired) electrons. The molecular weight excluding hydrogens is 276 g/mol. The maximum atomic E-state index is 11.4. The molecule has 5 heteroatoms. The highest BCUT2D eigenvalue weighted by molar-refractivity contribution is 8.03. The van der Waals surface area contributed by atoms with Gasteiger partial charge in [0, 0.05) is 19.1 Å². The fourth-order valence-electron chi connectivity index (χ4n) is 1.85. The first-order chi connectivity index (χ1) is 9.58. The van der Waals surface area contributed by atoms with Crippen LogP contribution in [0.4, 0.5) is 0 Å². The Morgan fingerprint density at radius 2 is 2.05 bits per heavy atom. The summed E-state index contributed by atoms with van der Waals surface area (Å²) in [6.45, 7) is 6.59. The van der Waals surface area contributed by atoms with E-state index >= 15 is 0 Å². The molecule has 0 spiro atoms. The number of esters is 1. The number of carbonyl (C=O) groups excluding carboxylic acids is 1. The van der Waals surface area contributed by atoms with Crippen molar-refractivity contribution >= 4 is 17.7 Å². The standard InChI is InChI=1S/C15H28O4S/c1-5-8-9-13(16)14(19-6-2)10-12(20-7-3)11-15(17)18-4/h11,13-14,16H,5-10H2,1-4H3/b12-11+. The number of rotatable bonds is 11. The summed E-state index contributed by atoms with van der Waals surface area (Å²) in [6.07, 6.45) is 4.03. The van der Waals surface area contributed by atoms with Crippen LogP contribution in [0.5, 0.6) is 0 Å². The molecule has 0 aliphatic heterocycles. The molecule has 0 aliphatic rings. The summed E-state index contributed by atoms with van der Waals surface area (Å²) in [4.78, 5) is 12.3. The lowest BCUT2D eigenvalue weighted by Crippen LogP contribution is -2.29. The molecule has 0 rings (SSSR count). The molecule has 0 saturated carbocycles. The number of carbonyl (C=O) groups is 1. The molecule has 118 valence electrons. The van der Waals surface area contributed by atoms with Crippen molar-refractivity contribution in [3.8, 4) is 0 Å². The van der Waals surface area contributed by atoms with E-state index in [1.165, 1.54) is 13.2 Å². The lowest BCUT2D eigenvalue weighted by Gasteiger charge is -2.23. The third-order valence-corrected chi connectivity index (χ3v) is 3.82. The molecule has 1 N–H and O–H groups in total. The van der Waals surface area contributed by atoms with Gasteiger partial charge in [-0.1, -0.05) is 26.7 Å². The molecule has 0 aromatic carbocycles. The number of ether oxygens (including phenoxy) is 2. The molecule has 0 aromatic heterocycles. The largest absolute Gasteiger partial charge is 0.466 e. The molecular formula is C15H28O4S. The Balaban J connectivity index is 4.71. The number of hydrogen-bond acceptors (Lipinski definition) is 5. The van der Waals surface area contributed by atoms with Gasteiger partial charge in [-0.25, -0.2) is 4.79 Å². The maximum absolute atomic E-state index is 11.4. The monoisotopic (exact) mass is 304 g/mol. The minimum Gasteiger partial charge on any atom is -0.466 e. The van der Waals surface area contributed by atoms with Crippen LogP contribution < -0.4 is 0 Å². The van der Waals surface area contributed by atoms with E-state index in [4.69, 9.17) is 4.74 Å². The zero-order chi connectivity index (χ0) is 15.4. The van der Waals surface area contributed by atoms with E-state index in [0.29, 0.717) is 13.0 Å². The van der Waals surface area contributed by atoms with Crippen LogP contribution >= 0.6 is 11.8 Å². The van der Waals surface area contributed by atoms with Crippen LogP contribution in [-0.4, -0.2) is 42.8 Å². The second kappa shape index (κ2) is 12.2. The van der Waals surface area contributed by atoms with Crippen molar-refractivity contribution in [3.05, 3.63) is 11.0 Å². The van der Waals surface area contributed by atoms with Crippen LogP contribution in [0.2, 0.25) is 0 Å². The highest BCUT2D eigenvalue weighted by Crippen LogP contribution is 2.25. The molecule has 0 aromatic rings. The van der Waals surface area contributed by atoms with Gasteiger partial charge in [-0.05, 0) is 24.0 Å². The van der Waals surface area contributed by atoms with Gasteiger partial charge in [-0.15, -0.1) is 11.8 Å². The van der Waals surface area contributed by atoms with Gasteiger partial charge in [0.05, 0.1) is 19.3 Å². The number of aliphatic hydroxyl groups excluding tert-OH is 1. The summed E-state index contributed by atoms with van der Waals surface area (Å²) in [7, 11) is 1.36. The van der Waals surface area contributed by atoms with Gasteiger partial charge in [0.25, 0.3) is 0 Å². The first kappa shape index (κ1) is 19.5. The van der Waals surface area contributed by atoms with Crippen molar-refractivity contribution < 1.29 is 19.4 Å². The summed E-state index contributed by atoms with van der Waals surface area (Å²) in [5, 5.41) is 10.2. The topological polar surface area (TPSA) is 55.8 Å². The lowest BCUT2D eigenvalue weighted by molar-refractivity contribution is -0.134. The molecule has 0 aliphatic carbocycles. The van der Waals surface area contributed by atoms with E-state index in [9.17, 15) is 9.90 Å². The van der Waals surface area contributed by atoms with E-state index < -0.39 is 6.10 Å². The summed E-state index contributed by atoms with van der Waals surface area (Å²) in [5.74, 6) is 0.506. The van der Waals surface area contributed by atoms with Gasteiger partial charge in [-0.3, -0.25) is 0 Å². The zero-order valence-corrected chi connectivity index (χ0v) is 13.9. The number of hydrogen-bond donors (Lipinski definition) is 1. The van der Waals surface area contributed by atoms with Gasteiger partial charge < -0.3 is 14.6 Å². The minimum atomic E-state index is -0.492.